The molecule has 0 amide bonds. The molecule has 9 nitrogen and oxygen atoms in total. The van der Waals surface area contributed by atoms with Crippen LogP contribution in [0.25, 0.3) is 10.4 Å². The monoisotopic (exact) mass is 316 g/mol. The van der Waals surface area contributed by atoms with Gasteiger partial charge in [-0.25, -0.2) is 4.99 Å². The average Bonchev–Trinajstić information content (AvgIpc) is 2.67. The standard InChI is InChI=1S/C11H14F2N6O3/c1-6-17-7(14)2-3-19(6)9-11(12,13)8(21)10(5-20,22-9)4-16-18-15/h2-3,8-9,20-21H,1,4-5H2,(H2,14,17)/t8-,9-,10-/m1/s1. The van der Waals surface area contributed by atoms with Crippen LogP contribution in [0.15, 0.2) is 34.8 Å². The Hall–Kier alpha value is -2.20. The van der Waals surface area contributed by atoms with Crippen LogP contribution in [0.5, 0.6) is 0 Å². The molecule has 3 atom stereocenters. The second-order valence-electron chi connectivity index (χ2n) is 4.84. The minimum atomic E-state index is -3.78. The number of ether oxygens (including phenoxy) is 1. The van der Waals surface area contributed by atoms with Gasteiger partial charge < -0.3 is 25.6 Å². The van der Waals surface area contributed by atoms with Gasteiger partial charge in [0.05, 0.1) is 13.2 Å². The molecule has 1 fully saturated rings. The van der Waals surface area contributed by atoms with E-state index in [1.54, 1.807) is 0 Å². The van der Waals surface area contributed by atoms with Crippen LogP contribution in [0.1, 0.15) is 0 Å². The fraction of sp³-hybridized carbons (Fsp3) is 0.545. The number of hydrogen-bond acceptors (Lipinski definition) is 7. The number of nitrogens with zero attached hydrogens (tertiary/aromatic N) is 5. The van der Waals surface area contributed by atoms with Crippen molar-refractivity contribution in [1.29, 1.82) is 0 Å². The Kier molecular flexibility index (Phi) is 4.07. The van der Waals surface area contributed by atoms with E-state index < -0.39 is 37.0 Å². The summed E-state index contributed by atoms with van der Waals surface area (Å²) in [7, 11) is 0. The summed E-state index contributed by atoms with van der Waals surface area (Å²) in [6, 6.07) is 0. The van der Waals surface area contributed by atoms with E-state index in [1.165, 1.54) is 12.3 Å². The predicted octanol–water partition coefficient (Wildman–Crippen LogP) is 0.0380. The van der Waals surface area contributed by atoms with E-state index in [0.717, 1.165) is 4.90 Å². The van der Waals surface area contributed by atoms with Crippen LogP contribution in [0, 0.1) is 0 Å². The summed E-state index contributed by atoms with van der Waals surface area (Å²) in [5.41, 5.74) is 11.6. The Labute approximate surface area is 123 Å². The number of rotatable bonds is 4. The van der Waals surface area contributed by atoms with Crippen molar-refractivity contribution in [3.63, 3.8) is 0 Å². The third-order valence-electron chi connectivity index (χ3n) is 3.42. The van der Waals surface area contributed by atoms with Crippen molar-refractivity contribution in [2.24, 2.45) is 15.8 Å². The molecule has 0 aromatic heterocycles. The zero-order valence-corrected chi connectivity index (χ0v) is 11.3. The van der Waals surface area contributed by atoms with Gasteiger partial charge in [-0.1, -0.05) is 11.7 Å². The van der Waals surface area contributed by atoms with E-state index in [4.69, 9.17) is 16.0 Å². The minimum Gasteiger partial charge on any atom is -0.393 e. The van der Waals surface area contributed by atoms with E-state index in [2.05, 4.69) is 21.6 Å². The number of nitrogens with two attached hydrogens (primary N) is 1. The molecule has 0 aliphatic carbocycles. The first-order chi connectivity index (χ1) is 10.3. The molecular formula is C11H14F2N6O3. The highest BCUT2D eigenvalue weighted by atomic mass is 19.3. The Balaban J connectivity index is 2.36. The number of aliphatic imine (C=N–C) groups is 1. The SMILES string of the molecule is C=C1N=C(N)C=CN1[C@@H]1O[C@@](CO)(CN=[N+]=[N-])[C@@H](O)C1(F)F. The summed E-state index contributed by atoms with van der Waals surface area (Å²) in [6.45, 7) is 1.86. The maximum Gasteiger partial charge on any atom is 0.320 e. The van der Waals surface area contributed by atoms with Gasteiger partial charge in [-0.3, -0.25) is 0 Å². The van der Waals surface area contributed by atoms with Crippen molar-refractivity contribution >= 4 is 5.84 Å². The summed E-state index contributed by atoms with van der Waals surface area (Å²) in [4.78, 5) is 7.05. The largest absolute Gasteiger partial charge is 0.393 e. The van der Waals surface area contributed by atoms with E-state index in [9.17, 15) is 19.0 Å². The summed E-state index contributed by atoms with van der Waals surface area (Å²) < 4.78 is 33.9. The van der Waals surface area contributed by atoms with Gasteiger partial charge in [-0.15, -0.1) is 0 Å². The lowest BCUT2D eigenvalue weighted by Crippen LogP contribution is -2.51. The Bertz CT molecular complexity index is 588. The normalized spacial score (nSPS) is 33.5. The van der Waals surface area contributed by atoms with Crippen molar-refractivity contribution < 1.29 is 23.7 Å². The molecule has 2 aliphatic heterocycles. The molecule has 11 heteroatoms. The molecule has 0 spiro atoms. The highest BCUT2D eigenvalue weighted by molar-refractivity contribution is 5.92. The van der Waals surface area contributed by atoms with Crippen LogP contribution in [-0.4, -0.2) is 58.0 Å². The number of halogens is 2. The Morgan fingerprint density at radius 1 is 1.64 bits per heavy atom. The van der Waals surface area contributed by atoms with Crippen molar-refractivity contribution in [3.8, 4) is 0 Å². The van der Waals surface area contributed by atoms with Gasteiger partial charge >= 0.3 is 5.92 Å². The van der Waals surface area contributed by atoms with E-state index in [-0.39, 0.29) is 11.7 Å². The fourth-order valence-electron chi connectivity index (χ4n) is 2.24. The van der Waals surface area contributed by atoms with E-state index >= 15 is 0 Å². The quantitative estimate of drug-likeness (QED) is 0.381. The number of amidine groups is 1. The van der Waals surface area contributed by atoms with Crippen LogP contribution in [0.2, 0.25) is 0 Å². The van der Waals surface area contributed by atoms with Crippen LogP contribution in [0.4, 0.5) is 8.78 Å². The molecule has 22 heavy (non-hydrogen) atoms. The third-order valence-corrected chi connectivity index (χ3v) is 3.42. The molecule has 120 valence electrons. The molecule has 2 rings (SSSR count). The summed E-state index contributed by atoms with van der Waals surface area (Å²) in [5.74, 6) is -3.82. The van der Waals surface area contributed by atoms with Crippen molar-refractivity contribution in [2.45, 2.75) is 23.9 Å². The van der Waals surface area contributed by atoms with Gasteiger partial charge in [0.2, 0.25) is 6.23 Å². The first-order valence-electron chi connectivity index (χ1n) is 6.13. The molecular weight excluding hydrogens is 302 g/mol. The Morgan fingerprint density at radius 2 is 2.32 bits per heavy atom. The van der Waals surface area contributed by atoms with Gasteiger partial charge in [0, 0.05) is 11.1 Å². The first-order valence-corrected chi connectivity index (χ1v) is 6.13. The summed E-state index contributed by atoms with van der Waals surface area (Å²) >= 11 is 0. The van der Waals surface area contributed by atoms with Crippen molar-refractivity contribution in [3.05, 3.63) is 35.1 Å². The predicted molar refractivity (Wildman–Crippen MR) is 71.4 cm³/mol. The number of aliphatic hydroxyl groups is 2. The third kappa shape index (κ3) is 2.40. The molecule has 0 bridgehead atoms. The smallest absolute Gasteiger partial charge is 0.320 e. The first kappa shape index (κ1) is 16.2. The van der Waals surface area contributed by atoms with Crippen LogP contribution in [-0.2, 0) is 4.74 Å². The second kappa shape index (κ2) is 5.54. The van der Waals surface area contributed by atoms with Crippen molar-refractivity contribution in [1.82, 2.24) is 4.90 Å². The van der Waals surface area contributed by atoms with Gasteiger partial charge in [-0.05, 0) is 11.6 Å². The lowest BCUT2D eigenvalue weighted by Gasteiger charge is -2.32. The lowest BCUT2D eigenvalue weighted by molar-refractivity contribution is -0.153. The number of azide groups is 1. The average molecular weight is 316 g/mol. The molecule has 4 N–H and O–H groups in total. The molecule has 1 saturated heterocycles. The molecule has 0 saturated carbocycles. The topological polar surface area (TPSA) is 140 Å². The zero-order valence-electron chi connectivity index (χ0n) is 11.3. The minimum absolute atomic E-state index is 0.0746. The van der Waals surface area contributed by atoms with Gasteiger partial charge in [0.25, 0.3) is 0 Å². The molecule has 0 aromatic carbocycles. The molecule has 2 heterocycles. The van der Waals surface area contributed by atoms with Gasteiger partial charge in [0.15, 0.2) is 6.10 Å². The zero-order chi connectivity index (χ0) is 16.5. The van der Waals surface area contributed by atoms with Crippen LogP contribution < -0.4 is 5.73 Å². The number of alkyl halides is 2. The second-order valence-corrected chi connectivity index (χ2v) is 4.84. The van der Waals surface area contributed by atoms with Gasteiger partial charge in [-0.2, -0.15) is 8.78 Å². The summed E-state index contributed by atoms with van der Waals surface area (Å²) in [5, 5.41) is 22.4. The number of hydrogen-bond donors (Lipinski definition) is 3. The highest BCUT2D eigenvalue weighted by Gasteiger charge is 2.67. The highest BCUT2D eigenvalue weighted by Crippen LogP contribution is 2.45. The molecule has 0 aromatic rings. The van der Waals surface area contributed by atoms with Crippen LogP contribution >= 0.6 is 0 Å². The fourth-order valence-corrected chi connectivity index (χ4v) is 2.24. The van der Waals surface area contributed by atoms with Gasteiger partial charge in [0.1, 0.15) is 17.3 Å². The lowest BCUT2D eigenvalue weighted by atomic mass is 9.95. The van der Waals surface area contributed by atoms with E-state index in [0.29, 0.717) is 0 Å². The Morgan fingerprint density at radius 3 is 2.86 bits per heavy atom. The van der Waals surface area contributed by atoms with E-state index in [1.807, 2.05) is 0 Å². The maximum absolute atomic E-state index is 14.3. The van der Waals surface area contributed by atoms with Crippen LogP contribution in [0.3, 0.4) is 0 Å². The maximum atomic E-state index is 14.3. The van der Waals surface area contributed by atoms with Crippen molar-refractivity contribution in [2.75, 3.05) is 13.2 Å². The summed E-state index contributed by atoms with van der Waals surface area (Å²) in [6.07, 6.45) is -1.93. The molecule has 0 radical (unpaired) electrons. The number of aliphatic hydroxyl groups excluding tert-OH is 2. The molecule has 0 unspecified atom stereocenters. The molecule has 2 aliphatic rings.